The van der Waals surface area contributed by atoms with Gasteiger partial charge in [0.1, 0.15) is 11.6 Å². The van der Waals surface area contributed by atoms with Crippen molar-refractivity contribution in [3.05, 3.63) is 17.7 Å². The number of nitrogens with zero attached hydrogens (tertiary/aromatic N) is 3. The Labute approximate surface area is 126 Å². The summed E-state index contributed by atoms with van der Waals surface area (Å²) in [5.74, 6) is 1.34. The summed E-state index contributed by atoms with van der Waals surface area (Å²) >= 11 is 0. The molecule has 0 fully saturated rings. The van der Waals surface area contributed by atoms with Crippen LogP contribution in [0, 0.1) is 0 Å². The quantitative estimate of drug-likeness (QED) is 0.915. The highest BCUT2D eigenvalue weighted by Crippen LogP contribution is 2.26. The summed E-state index contributed by atoms with van der Waals surface area (Å²) in [6.07, 6.45) is 1.33. The van der Waals surface area contributed by atoms with E-state index >= 15 is 0 Å². The third-order valence-electron chi connectivity index (χ3n) is 2.91. The minimum Gasteiger partial charge on any atom is -0.384 e. The molecule has 0 aliphatic carbocycles. The van der Waals surface area contributed by atoms with Crippen molar-refractivity contribution in [3.8, 4) is 0 Å². The first-order valence-corrected chi connectivity index (χ1v) is 5.78. The summed E-state index contributed by atoms with van der Waals surface area (Å²) in [4.78, 5) is 20.0. The molecule has 0 atom stereocenters. The maximum atomic E-state index is 11.9. The molecule has 1 aliphatic heterocycles. The van der Waals surface area contributed by atoms with Gasteiger partial charge in [0, 0.05) is 19.5 Å². The standard InChI is InChI=1S/C12H18N4O.2ClH/c1-15(2)7-8-16-11(17)6-4-9-3-5-10(13)14-12(9)16;;/h3,5H,4,6-8H2,1-2H3,(H2,13,14);2*1H. The molecule has 2 N–H and O–H groups in total. The first kappa shape index (κ1) is 18.0. The molecule has 2 rings (SSSR count). The third kappa shape index (κ3) is 4.23. The lowest BCUT2D eigenvalue weighted by atomic mass is 10.1. The highest BCUT2D eigenvalue weighted by molar-refractivity contribution is 5.95. The molecular formula is C12H20Cl2N4O. The first-order chi connectivity index (χ1) is 8.08. The molecule has 0 saturated carbocycles. The number of carbonyl (C=O) groups excluding carboxylic acids is 1. The minimum absolute atomic E-state index is 0. The van der Waals surface area contributed by atoms with Crippen molar-refractivity contribution in [1.29, 1.82) is 0 Å². The average molecular weight is 307 g/mol. The Balaban J connectivity index is 0.00000162. The van der Waals surface area contributed by atoms with Crippen LogP contribution in [0.5, 0.6) is 0 Å². The van der Waals surface area contributed by atoms with Gasteiger partial charge in [-0.05, 0) is 32.1 Å². The number of aromatic nitrogens is 1. The number of rotatable bonds is 3. The number of hydrogen-bond donors (Lipinski definition) is 1. The lowest BCUT2D eigenvalue weighted by Gasteiger charge is -2.29. The van der Waals surface area contributed by atoms with E-state index in [1.54, 1.807) is 11.0 Å². The number of likely N-dealkylation sites (N-methyl/N-ethyl adjacent to an activating group) is 1. The second kappa shape index (κ2) is 7.53. The number of carbonyl (C=O) groups is 1. The Morgan fingerprint density at radius 3 is 2.63 bits per heavy atom. The summed E-state index contributed by atoms with van der Waals surface area (Å²) in [6.45, 7) is 1.48. The molecule has 108 valence electrons. The van der Waals surface area contributed by atoms with Crippen molar-refractivity contribution < 1.29 is 4.79 Å². The maximum absolute atomic E-state index is 11.9. The molecule has 0 unspecified atom stereocenters. The van der Waals surface area contributed by atoms with E-state index in [-0.39, 0.29) is 30.7 Å². The number of hydrogen-bond acceptors (Lipinski definition) is 4. The van der Waals surface area contributed by atoms with Crippen LogP contribution in [0.1, 0.15) is 12.0 Å². The predicted octanol–water partition coefficient (Wildman–Crippen LogP) is 1.35. The second-order valence-corrected chi connectivity index (χ2v) is 4.57. The highest BCUT2D eigenvalue weighted by atomic mass is 35.5. The normalized spacial score (nSPS) is 13.6. The third-order valence-corrected chi connectivity index (χ3v) is 2.91. The number of nitrogen functional groups attached to an aromatic ring is 1. The number of pyridine rings is 1. The molecule has 0 aromatic carbocycles. The van der Waals surface area contributed by atoms with Crippen molar-refractivity contribution in [2.24, 2.45) is 0 Å². The zero-order valence-electron chi connectivity index (χ0n) is 11.1. The van der Waals surface area contributed by atoms with Crippen molar-refractivity contribution in [2.45, 2.75) is 12.8 Å². The van der Waals surface area contributed by atoms with E-state index < -0.39 is 0 Å². The number of amides is 1. The summed E-state index contributed by atoms with van der Waals surface area (Å²) in [5, 5.41) is 0. The van der Waals surface area contributed by atoms with E-state index in [1.807, 2.05) is 25.1 Å². The Bertz CT molecular complexity index is 440. The summed E-state index contributed by atoms with van der Waals surface area (Å²) in [5.41, 5.74) is 6.79. The first-order valence-electron chi connectivity index (χ1n) is 5.78. The van der Waals surface area contributed by atoms with Crippen LogP contribution in [0.2, 0.25) is 0 Å². The van der Waals surface area contributed by atoms with E-state index in [0.29, 0.717) is 18.8 Å². The topological polar surface area (TPSA) is 62.5 Å². The van der Waals surface area contributed by atoms with Crippen LogP contribution >= 0.6 is 24.8 Å². The molecule has 1 aromatic rings. The van der Waals surface area contributed by atoms with E-state index in [0.717, 1.165) is 24.3 Å². The summed E-state index contributed by atoms with van der Waals surface area (Å²) in [6, 6.07) is 3.76. The zero-order valence-corrected chi connectivity index (χ0v) is 12.8. The fourth-order valence-corrected chi connectivity index (χ4v) is 1.95. The van der Waals surface area contributed by atoms with E-state index in [1.165, 1.54) is 0 Å². The average Bonchev–Trinajstić information content (AvgIpc) is 2.27. The van der Waals surface area contributed by atoms with Crippen LogP contribution in [0.15, 0.2) is 12.1 Å². The van der Waals surface area contributed by atoms with Gasteiger partial charge in [-0.15, -0.1) is 24.8 Å². The van der Waals surface area contributed by atoms with Crippen LogP contribution in [-0.2, 0) is 11.2 Å². The number of nitrogens with two attached hydrogens (primary N) is 1. The van der Waals surface area contributed by atoms with Gasteiger partial charge < -0.3 is 10.6 Å². The van der Waals surface area contributed by atoms with Gasteiger partial charge >= 0.3 is 0 Å². The van der Waals surface area contributed by atoms with Crippen LogP contribution in [0.4, 0.5) is 11.6 Å². The zero-order chi connectivity index (χ0) is 12.4. The highest BCUT2D eigenvalue weighted by Gasteiger charge is 2.25. The van der Waals surface area contributed by atoms with Gasteiger partial charge in [0.15, 0.2) is 0 Å². The molecule has 1 aromatic heterocycles. The van der Waals surface area contributed by atoms with E-state index in [4.69, 9.17) is 5.73 Å². The number of anilines is 2. The van der Waals surface area contributed by atoms with Crippen LogP contribution < -0.4 is 10.6 Å². The molecule has 19 heavy (non-hydrogen) atoms. The smallest absolute Gasteiger partial charge is 0.228 e. The molecule has 1 amide bonds. The van der Waals surface area contributed by atoms with Gasteiger partial charge in [0.25, 0.3) is 0 Å². The van der Waals surface area contributed by atoms with Crippen LogP contribution in [0.25, 0.3) is 0 Å². The molecule has 0 spiro atoms. The lowest BCUT2D eigenvalue weighted by molar-refractivity contribution is -0.119. The number of fused-ring (bicyclic) bond motifs is 1. The van der Waals surface area contributed by atoms with Gasteiger partial charge in [-0.1, -0.05) is 6.07 Å². The van der Waals surface area contributed by atoms with Gasteiger partial charge in [-0.2, -0.15) is 0 Å². The Morgan fingerprint density at radius 2 is 2.00 bits per heavy atom. The van der Waals surface area contributed by atoms with Crippen molar-refractivity contribution in [2.75, 3.05) is 37.8 Å². The van der Waals surface area contributed by atoms with Crippen molar-refractivity contribution in [1.82, 2.24) is 9.88 Å². The van der Waals surface area contributed by atoms with Gasteiger partial charge in [-0.25, -0.2) is 4.98 Å². The summed E-state index contributed by atoms with van der Waals surface area (Å²) in [7, 11) is 3.98. The molecule has 0 radical (unpaired) electrons. The van der Waals surface area contributed by atoms with Gasteiger partial charge in [0.05, 0.1) is 0 Å². The summed E-state index contributed by atoms with van der Waals surface area (Å²) < 4.78 is 0. The van der Waals surface area contributed by atoms with Crippen LogP contribution in [-0.4, -0.2) is 43.0 Å². The van der Waals surface area contributed by atoms with E-state index in [9.17, 15) is 4.79 Å². The van der Waals surface area contributed by atoms with E-state index in [2.05, 4.69) is 4.98 Å². The van der Waals surface area contributed by atoms with Gasteiger partial charge in [-0.3, -0.25) is 9.69 Å². The number of aryl methyl sites for hydroxylation is 1. The molecule has 1 aliphatic rings. The Morgan fingerprint density at radius 1 is 1.32 bits per heavy atom. The fourth-order valence-electron chi connectivity index (χ4n) is 1.95. The van der Waals surface area contributed by atoms with Crippen LogP contribution in [0.3, 0.4) is 0 Å². The largest absolute Gasteiger partial charge is 0.384 e. The SMILES string of the molecule is CN(C)CCN1C(=O)CCc2ccc(N)nc21.Cl.Cl. The predicted molar refractivity (Wildman–Crippen MR) is 82.4 cm³/mol. The maximum Gasteiger partial charge on any atom is 0.228 e. The molecule has 0 bridgehead atoms. The number of halogens is 2. The monoisotopic (exact) mass is 306 g/mol. The van der Waals surface area contributed by atoms with Gasteiger partial charge in [0.2, 0.25) is 5.91 Å². The van der Waals surface area contributed by atoms with Crippen molar-refractivity contribution in [3.63, 3.8) is 0 Å². The minimum atomic E-state index is 0. The molecule has 0 saturated heterocycles. The Kier molecular flexibility index (Phi) is 7.11. The molecule has 7 heteroatoms. The molecular weight excluding hydrogens is 287 g/mol. The van der Waals surface area contributed by atoms with Crippen molar-refractivity contribution >= 4 is 42.4 Å². The lowest BCUT2D eigenvalue weighted by Crippen LogP contribution is -2.40. The molecule has 2 heterocycles. The fraction of sp³-hybridized carbons (Fsp3) is 0.500. The second-order valence-electron chi connectivity index (χ2n) is 4.57. The molecule has 5 nitrogen and oxygen atoms in total. The Hall–Kier alpha value is -1.04.